The van der Waals surface area contributed by atoms with Crippen molar-refractivity contribution in [3.63, 3.8) is 0 Å². The highest BCUT2D eigenvalue weighted by Gasteiger charge is 2.31. The Hall–Kier alpha value is -3.15. The largest absolute Gasteiger partial charge is 0.455 e. The lowest BCUT2D eigenvalue weighted by Crippen LogP contribution is -2.30. The van der Waals surface area contributed by atoms with Crippen LogP contribution in [0.25, 0.3) is 0 Å². The minimum atomic E-state index is -0.697. The van der Waals surface area contributed by atoms with E-state index >= 15 is 0 Å². The van der Waals surface area contributed by atoms with Crippen LogP contribution < -0.4 is 10.6 Å². The standard InChI is InChI=1S/C19H18N2O4/c1-12-6-8-13(9-7-12)20-18(23)11-25-19(24)15-10-17(22)21-16-5-3-2-4-14(15)16/h2-9,15H,10-11H2,1H3,(H,20,23)(H,21,22). The van der Waals surface area contributed by atoms with Gasteiger partial charge in [-0.1, -0.05) is 35.9 Å². The molecule has 25 heavy (non-hydrogen) atoms. The van der Waals surface area contributed by atoms with Crippen molar-refractivity contribution in [3.05, 3.63) is 59.7 Å². The summed E-state index contributed by atoms with van der Waals surface area (Å²) in [5.74, 6) is -1.95. The Bertz CT molecular complexity index is 814. The number of esters is 1. The third kappa shape index (κ3) is 4.03. The summed E-state index contributed by atoms with van der Waals surface area (Å²) in [5.41, 5.74) is 3.02. The Morgan fingerprint density at radius 3 is 2.64 bits per heavy atom. The molecule has 1 heterocycles. The Balaban J connectivity index is 1.60. The zero-order valence-corrected chi connectivity index (χ0v) is 13.7. The number of carbonyl (C=O) groups is 3. The number of aryl methyl sites for hydroxylation is 1. The summed E-state index contributed by atoms with van der Waals surface area (Å²) in [5, 5.41) is 5.38. The van der Waals surface area contributed by atoms with E-state index < -0.39 is 24.4 Å². The molecule has 3 rings (SSSR count). The van der Waals surface area contributed by atoms with Crippen LogP contribution in [0.4, 0.5) is 11.4 Å². The molecule has 0 fully saturated rings. The molecule has 1 unspecified atom stereocenters. The first-order valence-corrected chi connectivity index (χ1v) is 7.95. The van der Waals surface area contributed by atoms with Gasteiger partial charge in [-0.15, -0.1) is 0 Å². The second-order valence-corrected chi connectivity index (χ2v) is 5.91. The normalized spacial score (nSPS) is 15.7. The average Bonchev–Trinajstić information content (AvgIpc) is 2.61. The Labute approximate surface area is 145 Å². The summed E-state index contributed by atoms with van der Waals surface area (Å²) in [4.78, 5) is 36.0. The van der Waals surface area contributed by atoms with Gasteiger partial charge in [0.05, 0.1) is 5.92 Å². The fourth-order valence-corrected chi connectivity index (χ4v) is 2.69. The summed E-state index contributed by atoms with van der Waals surface area (Å²) in [7, 11) is 0. The highest BCUT2D eigenvalue weighted by Crippen LogP contribution is 2.32. The van der Waals surface area contributed by atoms with Crippen LogP contribution in [0.15, 0.2) is 48.5 Å². The minimum absolute atomic E-state index is 0.00935. The first kappa shape index (κ1) is 16.7. The van der Waals surface area contributed by atoms with Crippen LogP contribution in [0.2, 0.25) is 0 Å². The van der Waals surface area contributed by atoms with E-state index in [1.807, 2.05) is 19.1 Å². The van der Waals surface area contributed by atoms with Crippen molar-refractivity contribution in [3.8, 4) is 0 Å². The summed E-state index contributed by atoms with van der Waals surface area (Å²) in [6, 6.07) is 14.4. The number of rotatable bonds is 4. The molecule has 2 amide bonds. The number of fused-ring (bicyclic) bond motifs is 1. The van der Waals surface area contributed by atoms with Gasteiger partial charge in [0.25, 0.3) is 5.91 Å². The number of ether oxygens (including phenoxy) is 1. The molecule has 0 saturated heterocycles. The van der Waals surface area contributed by atoms with Gasteiger partial charge in [0.2, 0.25) is 5.91 Å². The maximum absolute atomic E-state index is 12.3. The van der Waals surface area contributed by atoms with Crippen molar-refractivity contribution in [1.29, 1.82) is 0 Å². The van der Waals surface area contributed by atoms with E-state index in [0.717, 1.165) is 5.56 Å². The number of hydrogen-bond donors (Lipinski definition) is 2. The van der Waals surface area contributed by atoms with Crippen molar-refractivity contribution in [2.75, 3.05) is 17.2 Å². The van der Waals surface area contributed by atoms with Gasteiger partial charge in [-0.25, -0.2) is 0 Å². The molecule has 1 aliphatic heterocycles. The molecule has 2 N–H and O–H groups in total. The van der Waals surface area contributed by atoms with E-state index in [-0.39, 0.29) is 12.3 Å². The topological polar surface area (TPSA) is 84.5 Å². The van der Waals surface area contributed by atoms with E-state index in [1.54, 1.807) is 36.4 Å². The number of hydrogen-bond acceptors (Lipinski definition) is 4. The van der Waals surface area contributed by atoms with Gasteiger partial charge in [-0.05, 0) is 30.7 Å². The van der Waals surface area contributed by atoms with E-state index in [9.17, 15) is 14.4 Å². The maximum Gasteiger partial charge on any atom is 0.314 e. The summed E-state index contributed by atoms with van der Waals surface area (Å²) in [6.07, 6.45) is 0.00935. The van der Waals surface area contributed by atoms with Crippen molar-refractivity contribution in [2.45, 2.75) is 19.3 Å². The summed E-state index contributed by atoms with van der Waals surface area (Å²) in [6.45, 7) is 1.55. The third-order valence-corrected chi connectivity index (χ3v) is 3.97. The number of nitrogens with one attached hydrogen (secondary N) is 2. The fourth-order valence-electron chi connectivity index (χ4n) is 2.69. The van der Waals surface area contributed by atoms with Crippen LogP contribution in [-0.2, 0) is 19.1 Å². The van der Waals surface area contributed by atoms with E-state index in [4.69, 9.17) is 4.74 Å². The van der Waals surface area contributed by atoms with Crippen molar-refractivity contribution >= 4 is 29.2 Å². The van der Waals surface area contributed by atoms with E-state index in [1.165, 1.54) is 0 Å². The summed E-state index contributed by atoms with van der Waals surface area (Å²) < 4.78 is 5.11. The molecule has 6 nitrogen and oxygen atoms in total. The fraction of sp³-hybridized carbons (Fsp3) is 0.211. The average molecular weight is 338 g/mol. The predicted molar refractivity (Wildman–Crippen MR) is 93.2 cm³/mol. The zero-order chi connectivity index (χ0) is 17.8. The molecule has 0 aliphatic carbocycles. The van der Waals surface area contributed by atoms with Gasteiger partial charge in [0.15, 0.2) is 6.61 Å². The molecule has 1 atom stereocenters. The van der Waals surface area contributed by atoms with Gasteiger partial charge in [0, 0.05) is 17.8 Å². The maximum atomic E-state index is 12.3. The summed E-state index contributed by atoms with van der Waals surface area (Å²) >= 11 is 0. The number of para-hydroxylation sites is 1. The van der Waals surface area contributed by atoms with Gasteiger partial charge >= 0.3 is 5.97 Å². The number of carbonyl (C=O) groups excluding carboxylic acids is 3. The van der Waals surface area contributed by atoms with Crippen LogP contribution >= 0.6 is 0 Å². The smallest absolute Gasteiger partial charge is 0.314 e. The highest BCUT2D eigenvalue weighted by atomic mass is 16.5. The second kappa shape index (κ2) is 7.17. The van der Waals surface area contributed by atoms with Gasteiger partial charge in [-0.3, -0.25) is 14.4 Å². The minimum Gasteiger partial charge on any atom is -0.455 e. The van der Waals surface area contributed by atoms with Crippen LogP contribution in [-0.4, -0.2) is 24.4 Å². The molecule has 0 spiro atoms. The Morgan fingerprint density at radius 2 is 1.88 bits per heavy atom. The Morgan fingerprint density at radius 1 is 1.16 bits per heavy atom. The molecular weight excluding hydrogens is 320 g/mol. The molecule has 0 radical (unpaired) electrons. The molecule has 1 aliphatic rings. The first-order valence-electron chi connectivity index (χ1n) is 7.95. The monoisotopic (exact) mass is 338 g/mol. The quantitative estimate of drug-likeness (QED) is 0.839. The molecule has 6 heteroatoms. The second-order valence-electron chi connectivity index (χ2n) is 5.91. The molecule has 0 bridgehead atoms. The first-order chi connectivity index (χ1) is 12.0. The Kier molecular flexibility index (Phi) is 4.79. The van der Waals surface area contributed by atoms with Crippen LogP contribution in [0.5, 0.6) is 0 Å². The molecule has 0 aromatic heterocycles. The number of benzene rings is 2. The van der Waals surface area contributed by atoms with Crippen molar-refractivity contribution in [1.82, 2.24) is 0 Å². The van der Waals surface area contributed by atoms with Crippen LogP contribution in [0.1, 0.15) is 23.5 Å². The highest BCUT2D eigenvalue weighted by molar-refractivity contribution is 6.00. The molecule has 0 saturated carbocycles. The molecular formula is C19H18N2O4. The van der Waals surface area contributed by atoms with E-state index in [0.29, 0.717) is 16.9 Å². The van der Waals surface area contributed by atoms with Crippen molar-refractivity contribution < 1.29 is 19.1 Å². The lowest BCUT2D eigenvalue weighted by molar-refractivity contribution is -0.149. The van der Waals surface area contributed by atoms with Gasteiger partial charge in [0.1, 0.15) is 0 Å². The SMILES string of the molecule is Cc1ccc(NC(=O)COC(=O)C2CC(=O)Nc3ccccc32)cc1. The lowest BCUT2D eigenvalue weighted by atomic mass is 9.91. The zero-order valence-electron chi connectivity index (χ0n) is 13.7. The number of anilines is 2. The van der Waals surface area contributed by atoms with Gasteiger partial charge in [-0.2, -0.15) is 0 Å². The molecule has 2 aromatic rings. The molecule has 128 valence electrons. The van der Waals surface area contributed by atoms with E-state index in [2.05, 4.69) is 10.6 Å². The molecule has 2 aromatic carbocycles. The third-order valence-electron chi connectivity index (χ3n) is 3.97. The van der Waals surface area contributed by atoms with Crippen molar-refractivity contribution in [2.24, 2.45) is 0 Å². The number of amides is 2. The van der Waals surface area contributed by atoms with Crippen LogP contribution in [0.3, 0.4) is 0 Å². The predicted octanol–water partition coefficient (Wildman–Crippen LogP) is 2.60. The van der Waals surface area contributed by atoms with Gasteiger partial charge < -0.3 is 15.4 Å². The van der Waals surface area contributed by atoms with Crippen LogP contribution in [0, 0.1) is 6.92 Å². The lowest BCUT2D eigenvalue weighted by Gasteiger charge is -2.23.